The topological polar surface area (TPSA) is 81.9 Å². The smallest absolute Gasteiger partial charge is 0.203 e. The largest absolute Gasteiger partial charge is 0.493 e. The van der Waals surface area contributed by atoms with Crippen LogP contribution in [0.1, 0.15) is 16.7 Å². The molecular formula is C23H30IN5O3. The first-order chi connectivity index (χ1) is 15.2. The second kappa shape index (κ2) is 12.8. The number of aromatic nitrogens is 2. The van der Waals surface area contributed by atoms with E-state index in [1.807, 2.05) is 47.4 Å². The van der Waals surface area contributed by atoms with Crippen LogP contribution in [0.5, 0.6) is 17.2 Å². The first-order valence-corrected chi connectivity index (χ1v) is 9.95. The van der Waals surface area contributed by atoms with E-state index in [0.717, 1.165) is 17.7 Å². The number of nitrogens with zero attached hydrogens (tertiary/aromatic N) is 3. The van der Waals surface area contributed by atoms with Crippen LogP contribution in [0.4, 0.5) is 0 Å². The van der Waals surface area contributed by atoms with Crippen LogP contribution < -0.4 is 24.8 Å². The molecule has 172 valence electrons. The maximum atomic E-state index is 5.41. The Hall–Kier alpha value is -2.95. The summed E-state index contributed by atoms with van der Waals surface area (Å²) in [4.78, 5) is 4.29. The van der Waals surface area contributed by atoms with E-state index in [9.17, 15) is 0 Å². The number of guanidine groups is 1. The molecule has 0 saturated carbocycles. The SMILES string of the molecule is CN=C(NCc1cc(OC)c(OC)c(OC)c1)NCc1cnn(Cc2ccccc2)c1.I. The Labute approximate surface area is 206 Å². The van der Waals surface area contributed by atoms with Gasteiger partial charge in [-0.3, -0.25) is 9.67 Å². The third-order valence-corrected chi connectivity index (χ3v) is 4.74. The van der Waals surface area contributed by atoms with Crippen molar-refractivity contribution in [3.05, 3.63) is 71.5 Å². The summed E-state index contributed by atoms with van der Waals surface area (Å²) in [7, 11) is 6.54. The number of hydrogen-bond donors (Lipinski definition) is 2. The fourth-order valence-corrected chi connectivity index (χ4v) is 3.18. The lowest BCUT2D eigenvalue weighted by Gasteiger charge is -2.15. The summed E-state index contributed by atoms with van der Waals surface area (Å²) in [6, 6.07) is 14.1. The van der Waals surface area contributed by atoms with E-state index in [2.05, 4.69) is 32.9 Å². The highest BCUT2D eigenvalue weighted by Gasteiger charge is 2.13. The van der Waals surface area contributed by atoms with Crippen LogP contribution in [0, 0.1) is 0 Å². The van der Waals surface area contributed by atoms with Gasteiger partial charge in [0.2, 0.25) is 5.75 Å². The van der Waals surface area contributed by atoms with Crippen molar-refractivity contribution in [1.82, 2.24) is 20.4 Å². The number of halogens is 1. The Morgan fingerprint density at radius 1 is 0.906 bits per heavy atom. The third kappa shape index (κ3) is 6.78. The zero-order valence-corrected chi connectivity index (χ0v) is 21.1. The summed E-state index contributed by atoms with van der Waals surface area (Å²) in [6.07, 6.45) is 3.90. The van der Waals surface area contributed by atoms with Gasteiger partial charge in [0, 0.05) is 31.9 Å². The Morgan fingerprint density at radius 3 is 2.09 bits per heavy atom. The van der Waals surface area contributed by atoms with Gasteiger partial charge in [0.05, 0.1) is 34.1 Å². The Kier molecular flexibility index (Phi) is 10.1. The first-order valence-electron chi connectivity index (χ1n) is 9.95. The summed E-state index contributed by atoms with van der Waals surface area (Å²) in [6.45, 7) is 1.91. The van der Waals surface area contributed by atoms with E-state index in [4.69, 9.17) is 14.2 Å². The Morgan fingerprint density at radius 2 is 1.53 bits per heavy atom. The number of methoxy groups -OCH3 is 3. The Balaban J connectivity index is 0.00000363. The second-order valence-electron chi connectivity index (χ2n) is 6.84. The molecule has 2 N–H and O–H groups in total. The summed E-state index contributed by atoms with van der Waals surface area (Å²) < 4.78 is 18.1. The second-order valence-corrected chi connectivity index (χ2v) is 6.84. The summed E-state index contributed by atoms with van der Waals surface area (Å²) in [5, 5.41) is 11.1. The normalized spacial score (nSPS) is 10.8. The van der Waals surface area contributed by atoms with E-state index >= 15 is 0 Å². The molecule has 0 radical (unpaired) electrons. The third-order valence-electron chi connectivity index (χ3n) is 4.74. The van der Waals surface area contributed by atoms with Gasteiger partial charge in [-0.1, -0.05) is 30.3 Å². The minimum atomic E-state index is 0. The molecule has 9 heteroatoms. The van der Waals surface area contributed by atoms with Crippen molar-refractivity contribution in [1.29, 1.82) is 0 Å². The van der Waals surface area contributed by atoms with Crippen molar-refractivity contribution in [2.45, 2.75) is 19.6 Å². The van der Waals surface area contributed by atoms with Gasteiger partial charge in [0.1, 0.15) is 0 Å². The molecule has 0 aliphatic carbocycles. The van der Waals surface area contributed by atoms with Gasteiger partial charge >= 0.3 is 0 Å². The fourth-order valence-electron chi connectivity index (χ4n) is 3.18. The molecule has 1 heterocycles. The highest BCUT2D eigenvalue weighted by Crippen LogP contribution is 2.38. The number of rotatable bonds is 9. The van der Waals surface area contributed by atoms with E-state index in [0.29, 0.717) is 36.3 Å². The van der Waals surface area contributed by atoms with Crippen molar-refractivity contribution >= 4 is 29.9 Å². The molecule has 1 aromatic heterocycles. The minimum Gasteiger partial charge on any atom is -0.493 e. The number of benzene rings is 2. The molecule has 3 aromatic rings. The summed E-state index contributed by atoms with van der Waals surface area (Å²) in [5.74, 6) is 2.49. The van der Waals surface area contributed by atoms with Gasteiger partial charge in [0.15, 0.2) is 17.5 Å². The molecule has 0 saturated heterocycles. The number of nitrogens with one attached hydrogen (secondary N) is 2. The standard InChI is InChI=1S/C23H29N5O3.HI/c1-24-23(25-12-18-10-20(29-2)22(31-4)21(11-18)30-3)26-13-19-14-27-28(16-19)15-17-8-6-5-7-9-17;/h5-11,14,16H,12-13,15H2,1-4H3,(H2,24,25,26);1H. The van der Waals surface area contributed by atoms with Crippen LogP contribution in [0.15, 0.2) is 59.9 Å². The van der Waals surface area contributed by atoms with Crippen LogP contribution in [0.3, 0.4) is 0 Å². The molecule has 0 spiro atoms. The van der Waals surface area contributed by atoms with Crippen LogP contribution in [0.25, 0.3) is 0 Å². The van der Waals surface area contributed by atoms with Crippen molar-refractivity contribution < 1.29 is 14.2 Å². The van der Waals surface area contributed by atoms with E-state index in [1.54, 1.807) is 28.4 Å². The van der Waals surface area contributed by atoms with Gasteiger partial charge in [-0.25, -0.2) is 0 Å². The molecule has 0 atom stereocenters. The van der Waals surface area contributed by atoms with Crippen LogP contribution in [-0.2, 0) is 19.6 Å². The average molecular weight is 551 g/mol. The number of hydrogen-bond acceptors (Lipinski definition) is 5. The predicted octanol–water partition coefficient (Wildman–Crippen LogP) is 3.44. The van der Waals surface area contributed by atoms with Gasteiger partial charge in [-0.15, -0.1) is 24.0 Å². The predicted molar refractivity (Wildman–Crippen MR) is 136 cm³/mol. The Bertz CT molecular complexity index is 983. The average Bonchev–Trinajstić information content (AvgIpc) is 3.26. The molecule has 32 heavy (non-hydrogen) atoms. The molecule has 0 bridgehead atoms. The van der Waals surface area contributed by atoms with Crippen molar-refractivity contribution in [3.8, 4) is 17.2 Å². The maximum absolute atomic E-state index is 5.41. The zero-order chi connectivity index (χ0) is 22.1. The summed E-state index contributed by atoms with van der Waals surface area (Å²) >= 11 is 0. The molecule has 0 fully saturated rings. The van der Waals surface area contributed by atoms with Crippen LogP contribution in [0.2, 0.25) is 0 Å². The lowest BCUT2D eigenvalue weighted by Crippen LogP contribution is -2.36. The van der Waals surface area contributed by atoms with E-state index < -0.39 is 0 Å². The molecule has 2 aromatic carbocycles. The molecule has 0 amide bonds. The number of aliphatic imine (C=N–C) groups is 1. The van der Waals surface area contributed by atoms with E-state index in [-0.39, 0.29) is 24.0 Å². The molecule has 3 rings (SSSR count). The van der Waals surface area contributed by atoms with Crippen LogP contribution in [-0.4, -0.2) is 44.1 Å². The summed E-state index contributed by atoms with van der Waals surface area (Å²) in [5.41, 5.74) is 3.27. The quantitative estimate of drug-likeness (QED) is 0.241. The first kappa shape index (κ1) is 25.3. The molecule has 0 aliphatic heterocycles. The molecule has 0 aliphatic rings. The lowest BCUT2D eigenvalue weighted by molar-refractivity contribution is 0.323. The molecular weight excluding hydrogens is 521 g/mol. The van der Waals surface area contributed by atoms with Gasteiger partial charge in [-0.2, -0.15) is 5.10 Å². The molecule has 8 nitrogen and oxygen atoms in total. The monoisotopic (exact) mass is 551 g/mol. The lowest BCUT2D eigenvalue weighted by atomic mass is 10.2. The van der Waals surface area contributed by atoms with Crippen molar-refractivity contribution in [2.24, 2.45) is 4.99 Å². The van der Waals surface area contributed by atoms with Gasteiger partial charge < -0.3 is 24.8 Å². The van der Waals surface area contributed by atoms with Gasteiger partial charge in [-0.05, 0) is 23.3 Å². The maximum Gasteiger partial charge on any atom is 0.203 e. The number of ether oxygens (including phenoxy) is 3. The molecule has 0 unspecified atom stereocenters. The van der Waals surface area contributed by atoms with Crippen molar-refractivity contribution in [3.63, 3.8) is 0 Å². The minimum absolute atomic E-state index is 0. The van der Waals surface area contributed by atoms with Crippen molar-refractivity contribution in [2.75, 3.05) is 28.4 Å². The highest BCUT2D eigenvalue weighted by atomic mass is 127. The highest BCUT2D eigenvalue weighted by molar-refractivity contribution is 14.0. The fraction of sp³-hybridized carbons (Fsp3) is 0.304. The van der Waals surface area contributed by atoms with E-state index in [1.165, 1.54) is 5.56 Å². The van der Waals surface area contributed by atoms with Gasteiger partial charge in [0.25, 0.3) is 0 Å². The van der Waals surface area contributed by atoms with Crippen LogP contribution >= 0.6 is 24.0 Å². The zero-order valence-electron chi connectivity index (χ0n) is 18.8.